The highest BCUT2D eigenvalue weighted by Crippen LogP contribution is 2.21. The van der Waals surface area contributed by atoms with Gasteiger partial charge >= 0.3 is 6.03 Å². The smallest absolute Gasteiger partial charge is 0.322 e. The van der Waals surface area contributed by atoms with Crippen molar-refractivity contribution in [3.05, 3.63) is 30.1 Å². The van der Waals surface area contributed by atoms with Gasteiger partial charge in [0.2, 0.25) is 17.7 Å². The second-order valence-corrected chi connectivity index (χ2v) is 5.21. The minimum Gasteiger partial charge on any atom is -0.478 e. The summed E-state index contributed by atoms with van der Waals surface area (Å²) >= 11 is 0. The number of carbonyl (C=O) groups excluding carboxylic acids is 1. The molecule has 0 saturated carbocycles. The number of rotatable bonds is 4. The van der Waals surface area contributed by atoms with E-state index in [2.05, 4.69) is 20.5 Å². The quantitative estimate of drug-likeness (QED) is 0.909. The number of amides is 2. The third-order valence-electron chi connectivity index (χ3n) is 3.45. The maximum absolute atomic E-state index is 12.4. The van der Waals surface area contributed by atoms with Gasteiger partial charge in [-0.2, -0.15) is 0 Å². The minimum absolute atomic E-state index is 0.231. The molecular weight excluding hydrogens is 314 g/mol. The van der Waals surface area contributed by atoms with Gasteiger partial charge in [0.15, 0.2) is 6.10 Å². The molecular formula is C15H19N5O4. The summed E-state index contributed by atoms with van der Waals surface area (Å²) < 4.78 is 16.3. The van der Waals surface area contributed by atoms with Crippen molar-refractivity contribution >= 4 is 11.7 Å². The Hall–Kier alpha value is -2.68. The summed E-state index contributed by atoms with van der Waals surface area (Å²) in [5.41, 5.74) is 0.597. The van der Waals surface area contributed by atoms with Gasteiger partial charge in [-0.15, -0.1) is 10.2 Å². The monoisotopic (exact) mass is 333 g/mol. The van der Waals surface area contributed by atoms with Crippen molar-refractivity contribution in [2.24, 2.45) is 0 Å². The summed E-state index contributed by atoms with van der Waals surface area (Å²) in [6.07, 6.45) is 1.14. The van der Waals surface area contributed by atoms with Gasteiger partial charge in [-0.05, 0) is 13.0 Å². The van der Waals surface area contributed by atoms with Gasteiger partial charge in [-0.3, -0.25) is 0 Å². The first-order valence-corrected chi connectivity index (χ1v) is 7.72. The molecule has 0 unspecified atom stereocenters. The first-order chi connectivity index (χ1) is 11.7. The highest BCUT2D eigenvalue weighted by Gasteiger charge is 2.29. The minimum atomic E-state index is -0.413. The van der Waals surface area contributed by atoms with E-state index >= 15 is 0 Å². The van der Waals surface area contributed by atoms with Gasteiger partial charge in [-0.1, -0.05) is 0 Å². The van der Waals surface area contributed by atoms with E-state index in [1.807, 2.05) is 6.92 Å². The van der Waals surface area contributed by atoms with Crippen molar-refractivity contribution in [2.45, 2.75) is 20.0 Å². The Morgan fingerprint density at radius 2 is 2.33 bits per heavy atom. The molecule has 1 saturated heterocycles. The van der Waals surface area contributed by atoms with Gasteiger partial charge in [0.05, 0.1) is 31.6 Å². The molecule has 24 heavy (non-hydrogen) atoms. The SMILES string of the molecule is CCOc1ccc(NC(=O)N2CCO[C@@H](c3nnc(C)o3)C2)cn1. The number of pyridine rings is 1. The number of ether oxygens (including phenoxy) is 2. The molecule has 0 aromatic carbocycles. The van der Waals surface area contributed by atoms with E-state index in [4.69, 9.17) is 13.9 Å². The number of morpholine rings is 1. The van der Waals surface area contributed by atoms with Gasteiger partial charge in [0, 0.05) is 19.5 Å². The van der Waals surface area contributed by atoms with Crippen molar-refractivity contribution in [3.8, 4) is 5.88 Å². The number of aryl methyl sites for hydroxylation is 1. The third kappa shape index (κ3) is 3.80. The number of anilines is 1. The molecule has 9 nitrogen and oxygen atoms in total. The van der Waals surface area contributed by atoms with Crippen LogP contribution in [-0.2, 0) is 4.74 Å². The van der Waals surface area contributed by atoms with Crippen LogP contribution in [0.15, 0.2) is 22.7 Å². The number of carbonyl (C=O) groups is 1. The fourth-order valence-electron chi connectivity index (χ4n) is 2.32. The summed E-state index contributed by atoms with van der Waals surface area (Å²) in [5.74, 6) is 1.37. The lowest BCUT2D eigenvalue weighted by Crippen LogP contribution is -2.44. The van der Waals surface area contributed by atoms with Crippen LogP contribution in [0.2, 0.25) is 0 Å². The van der Waals surface area contributed by atoms with Crippen molar-refractivity contribution in [1.29, 1.82) is 0 Å². The Bertz CT molecular complexity index is 687. The van der Waals surface area contributed by atoms with Gasteiger partial charge in [-0.25, -0.2) is 9.78 Å². The molecule has 3 rings (SSSR count). The predicted octanol–water partition coefficient (Wildman–Crippen LogP) is 1.78. The topological polar surface area (TPSA) is 103 Å². The molecule has 2 aromatic heterocycles. The van der Waals surface area contributed by atoms with E-state index in [1.165, 1.54) is 0 Å². The molecule has 3 heterocycles. The molecule has 1 atom stereocenters. The Morgan fingerprint density at radius 1 is 1.46 bits per heavy atom. The van der Waals surface area contributed by atoms with Gasteiger partial charge in [0.25, 0.3) is 0 Å². The van der Waals surface area contributed by atoms with Crippen molar-refractivity contribution in [3.63, 3.8) is 0 Å². The standard InChI is InChI=1S/C15H19N5O4/c1-3-22-13-5-4-11(8-16-13)17-15(21)20-6-7-23-12(9-20)14-19-18-10(2)24-14/h4-5,8,12H,3,6-7,9H2,1-2H3,(H,17,21)/t12-/m1/s1. The second kappa shape index (κ2) is 7.26. The Morgan fingerprint density at radius 3 is 3.00 bits per heavy atom. The van der Waals surface area contributed by atoms with Gasteiger partial charge < -0.3 is 24.1 Å². The molecule has 1 aliphatic rings. The van der Waals surface area contributed by atoms with Crippen LogP contribution in [0.25, 0.3) is 0 Å². The number of urea groups is 1. The van der Waals surface area contributed by atoms with E-state index in [0.717, 1.165) is 0 Å². The maximum Gasteiger partial charge on any atom is 0.322 e. The third-order valence-corrected chi connectivity index (χ3v) is 3.45. The zero-order valence-corrected chi connectivity index (χ0v) is 13.6. The molecule has 1 N–H and O–H groups in total. The molecule has 128 valence electrons. The lowest BCUT2D eigenvalue weighted by molar-refractivity contribution is -0.0274. The molecule has 0 aliphatic carbocycles. The van der Waals surface area contributed by atoms with Crippen molar-refractivity contribution in [1.82, 2.24) is 20.1 Å². The highest BCUT2D eigenvalue weighted by molar-refractivity contribution is 5.89. The van der Waals surface area contributed by atoms with Crippen LogP contribution < -0.4 is 10.1 Å². The Balaban J connectivity index is 1.59. The average Bonchev–Trinajstić information content (AvgIpc) is 3.03. The van der Waals surface area contributed by atoms with Crippen LogP contribution in [0.5, 0.6) is 5.88 Å². The van der Waals surface area contributed by atoms with Crippen molar-refractivity contribution < 1.29 is 18.7 Å². The number of aromatic nitrogens is 3. The molecule has 1 fully saturated rings. The number of nitrogens with zero attached hydrogens (tertiary/aromatic N) is 4. The maximum atomic E-state index is 12.4. The van der Waals surface area contributed by atoms with E-state index in [1.54, 1.807) is 30.2 Å². The predicted molar refractivity (Wildman–Crippen MR) is 83.7 cm³/mol. The van der Waals surface area contributed by atoms with Crippen LogP contribution in [0.3, 0.4) is 0 Å². The summed E-state index contributed by atoms with van der Waals surface area (Å²) in [6.45, 7) is 5.38. The molecule has 1 aliphatic heterocycles. The number of hydrogen-bond donors (Lipinski definition) is 1. The second-order valence-electron chi connectivity index (χ2n) is 5.21. The Labute approximate surface area is 139 Å². The van der Waals surface area contributed by atoms with E-state index in [-0.39, 0.29) is 6.03 Å². The summed E-state index contributed by atoms with van der Waals surface area (Å²) in [4.78, 5) is 18.2. The fraction of sp³-hybridized carbons (Fsp3) is 0.467. The van der Waals surface area contributed by atoms with Crippen LogP contribution in [-0.4, -0.2) is 52.4 Å². The van der Waals surface area contributed by atoms with E-state index < -0.39 is 6.10 Å². The van der Waals surface area contributed by atoms with Gasteiger partial charge in [0.1, 0.15) is 0 Å². The molecule has 2 aromatic rings. The average molecular weight is 333 g/mol. The summed E-state index contributed by atoms with van der Waals surface area (Å²) in [6, 6.07) is 3.22. The molecule has 0 spiro atoms. The number of hydrogen-bond acceptors (Lipinski definition) is 7. The van der Waals surface area contributed by atoms with Crippen molar-refractivity contribution in [2.75, 3.05) is 31.6 Å². The summed E-state index contributed by atoms with van der Waals surface area (Å²) in [5, 5.41) is 10.5. The zero-order valence-electron chi connectivity index (χ0n) is 13.6. The largest absolute Gasteiger partial charge is 0.478 e. The lowest BCUT2D eigenvalue weighted by Gasteiger charge is -2.31. The summed E-state index contributed by atoms with van der Waals surface area (Å²) in [7, 11) is 0. The van der Waals surface area contributed by atoms with Crippen LogP contribution >= 0.6 is 0 Å². The van der Waals surface area contributed by atoms with Crippen LogP contribution in [0.1, 0.15) is 24.8 Å². The molecule has 9 heteroatoms. The molecule has 0 bridgehead atoms. The van der Waals surface area contributed by atoms with E-state index in [0.29, 0.717) is 49.7 Å². The molecule has 0 radical (unpaired) electrons. The van der Waals surface area contributed by atoms with Crippen LogP contribution in [0, 0.1) is 6.92 Å². The molecule has 2 amide bonds. The first-order valence-electron chi connectivity index (χ1n) is 7.72. The van der Waals surface area contributed by atoms with Crippen LogP contribution in [0.4, 0.5) is 10.5 Å². The fourth-order valence-corrected chi connectivity index (χ4v) is 2.32. The Kier molecular flexibility index (Phi) is 4.90. The highest BCUT2D eigenvalue weighted by atomic mass is 16.5. The zero-order chi connectivity index (χ0) is 16.9. The lowest BCUT2D eigenvalue weighted by atomic mass is 10.3. The number of nitrogens with one attached hydrogen (secondary N) is 1. The first kappa shape index (κ1) is 16.2. The van der Waals surface area contributed by atoms with E-state index in [9.17, 15) is 4.79 Å². The normalized spacial score (nSPS) is 17.6.